The fraction of sp³-hybridized carbons (Fsp3) is 0.484. The summed E-state index contributed by atoms with van der Waals surface area (Å²) < 4.78 is 11.1. The Morgan fingerprint density at radius 2 is 1.44 bits per heavy atom. The van der Waals surface area contributed by atoms with Gasteiger partial charge in [0.15, 0.2) is 0 Å². The fourth-order valence-corrected chi connectivity index (χ4v) is 6.58. The summed E-state index contributed by atoms with van der Waals surface area (Å²) in [4.78, 5) is 46.8. The van der Waals surface area contributed by atoms with Crippen LogP contribution in [0, 0.1) is 24.7 Å². The van der Waals surface area contributed by atoms with Crippen LogP contribution in [0.4, 0.5) is 0 Å². The van der Waals surface area contributed by atoms with E-state index in [1.54, 1.807) is 6.26 Å². The maximum Gasteiger partial charge on any atom is 0.305 e. The Bertz CT molecular complexity index is 1230. The second kappa shape index (κ2) is 15.0. The molecule has 0 aliphatic carbocycles. The molecule has 1 aliphatic rings. The van der Waals surface area contributed by atoms with Crippen molar-refractivity contribution >= 4 is 35.6 Å². The number of carboxylic acids is 3. The largest absolute Gasteiger partial charge is 0.481 e. The Labute approximate surface area is 244 Å². The molecule has 3 N–H and O–H groups in total. The Kier molecular flexibility index (Phi) is 11.8. The van der Waals surface area contributed by atoms with Gasteiger partial charge < -0.3 is 24.8 Å². The average molecular weight is 587 g/mol. The predicted molar refractivity (Wildman–Crippen MR) is 154 cm³/mol. The van der Waals surface area contributed by atoms with Crippen LogP contribution in [0.15, 0.2) is 42.5 Å². The maximum absolute atomic E-state index is 11.9. The lowest BCUT2D eigenvalue weighted by Crippen LogP contribution is -2.45. The summed E-state index contributed by atoms with van der Waals surface area (Å²) in [6, 6.07) is 14.0. The molecular weight excluding hydrogens is 548 g/mol. The van der Waals surface area contributed by atoms with Gasteiger partial charge in [0.1, 0.15) is 5.44 Å². The van der Waals surface area contributed by atoms with Crippen molar-refractivity contribution in [3.8, 4) is 0 Å². The highest BCUT2D eigenvalue weighted by atomic mass is 32.2. The Morgan fingerprint density at radius 3 is 2.02 bits per heavy atom. The van der Waals surface area contributed by atoms with Gasteiger partial charge >= 0.3 is 23.9 Å². The maximum atomic E-state index is 11.9. The molecule has 10 heteroatoms. The zero-order valence-corrected chi connectivity index (χ0v) is 24.4. The minimum Gasteiger partial charge on any atom is -0.481 e. The Hall–Kier alpha value is -3.37. The van der Waals surface area contributed by atoms with Gasteiger partial charge in [0.2, 0.25) is 0 Å². The van der Waals surface area contributed by atoms with Gasteiger partial charge in [-0.25, -0.2) is 0 Å². The van der Waals surface area contributed by atoms with Crippen LogP contribution >= 0.6 is 11.8 Å². The van der Waals surface area contributed by atoms with Crippen LogP contribution in [0.2, 0.25) is 0 Å². The van der Waals surface area contributed by atoms with Gasteiger partial charge in [0, 0.05) is 24.7 Å². The molecule has 1 aliphatic heterocycles. The first kappa shape index (κ1) is 32.1. The fourth-order valence-electron chi connectivity index (χ4n) is 5.70. The number of aliphatic carboxylic acids is 3. The van der Waals surface area contributed by atoms with Crippen molar-refractivity contribution in [1.29, 1.82) is 0 Å². The molecular formula is C31H38O9S. The summed E-state index contributed by atoms with van der Waals surface area (Å²) in [6.07, 6.45) is 2.59. The molecule has 0 spiro atoms. The van der Waals surface area contributed by atoms with E-state index in [2.05, 4.69) is 0 Å². The lowest BCUT2D eigenvalue weighted by Gasteiger charge is -2.46. The van der Waals surface area contributed by atoms with E-state index in [9.17, 15) is 34.5 Å². The van der Waals surface area contributed by atoms with Gasteiger partial charge in [-0.3, -0.25) is 19.2 Å². The Balaban J connectivity index is 1.88. The molecule has 0 radical (unpaired) electrons. The molecule has 41 heavy (non-hydrogen) atoms. The molecule has 0 aromatic heterocycles. The number of carbonyl (C=O) groups is 4. The van der Waals surface area contributed by atoms with E-state index in [1.165, 1.54) is 18.9 Å². The highest BCUT2D eigenvalue weighted by Gasteiger charge is 2.48. The van der Waals surface area contributed by atoms with Gasteiger partial charge in [-0.05, 0) is 66.2 Å². The van der Waals surface area contributed by atoms with Crippen molar-refractivity contribution in [2.75, 3.05) is 13.4 Å². The molecule has 2 aromatic rings. The van der Waals surface area contributed by atoms with Gasteiger partial charge in [-0.2, -0.15) is 0 Å². The average Bonchev–Trinajstić information content (AvgIpc) is 2.92. The molecule has 0 amide bonds. The monoisotopic (exact) mass is 586 g/mol. The second-order valence-corrected chi connectivity index (χ2v) is 11.5. The van der Waals surface area contributed by atoms with E-state index in [0.717, 1.165) is 34.2 Å². The van der Waals surface area contributed by atoms with Gasteiger partial charge in [0.25, 0.3) is 0 Å². The number of carboxylic acid groups (broad SMARTS) is 3. The number of thioether (sulfide) groups is 1. The van der Waals surface area contributed by atoms with E-state index in [1.807, 2.05) is 49.4 Å². The number of methoxy groups -OCH3 is 1. The number of ether oxygens (including phenoxy) is 2. The zero-order valence-electron chi connectivity index (χ0n) is 23.6. The van der Waals surface area contributed by atoms with E-state index in [0.29, 0.717) is 19.3 Å². The summed E-state index contributed by atoms with van der Waals surface area (Å²) in [5.41, 5.74) is 4.44. The van der Waals surface area contributed by atoms with Crippen molar-refractivity contribution in [2.45, 2.75) is 63.4 Å². The standard InChI is InChI=1S/C31H38O9S/c1-18-7-12-21(14-22(18)13-20-10-8-19(9-11-20)5-4-6-29(38)39-2)30-24(16-27(34)35)23(15-26(32)33)25(17-28(36)37)31(40-30)41-3/h7-12,14,23-25,30-31H,4-6,13,15-17H2,1-3H3,(H,32,33)(H,34,35)(H,36,37)/t23-,24+,25+,30-,31-/m1/s1. The third-order valence-corrected chi connectivity index (χ3v) is 8.70. The SMILES string of the molecule is COC(=O)CCCc1ccc(Cc2cc([C@H]3O[C@H](SC)[C@@H](CC(=O)O)[C@H](CC(=O)O)[C@@H]3CC(=O)O)ccc2C)cc1. The topological polar surface area (TPSA) is 147 Å². The Morgan fingerprint density at radius 1 is 0.854 bits per heavy atom. The first-order valence-corrected chi connectivity index (χ1v) is 14.9. The summed E-state index contributed by atoms with van der Waals surface area (Å²) in [7, 11) is 1.38. The molecule has 0 bridgehead atoms. The number of aryl methyl sites for hydroxylation is 2. The van der Waals surface area contributed by atoms with Crippen LogP contribution in [-0.4, -0.2) is 58.0 Å². The number of esters is 1. The molecule has 5 atom stereocenters. The van der Waals surface area contributed by atoms with Crippen LogP contribution in [0.1, 0.15) is 66.0 Å². The lowest BCUT2D eigenvalue weighted by molar-refractivity contribution is -0.161. The quantitative estimate of drug-likeness (QED) is 0.255. The molecule has 1 saturated heterocycles. The molecule has 0 saturated carbocycles. The van der Waals surface area contributed by atoms with Crippen LogP contribution < -0.4 is 0 Å². The molecule has 0 unspecified atom stereocenters. The molecule has 1 fully saturated rings. The van der Waals surface area contributed by atoms with E-state index >= 15 is 0 Å². The van der Waals surface area contributed by atoms with E-state index in [4.69, 9.17) is 9.47 Å². The first-order chi connectivity index (χ1) is 19.5. The molecule has 1 heterocycles. The number of hydrogen-bond donors (Lipinski definition) is 3. The summed E-state index contributed by atoms with van der Waals surface area (Å²) in [5.74, 6) is -5.53. The second-order valence-electron chi connectivity index (χ2n) is 10.6. The number of carbonyl (C=O) groups excluding carboxylic acids is 1. The van der Waals surface area contributed by atoms with Crippen molar-refractivity contribution in [2.24, 2.45) is 17.8 Å². The summed E-state index contributed by atoms with van der Waals surface area (Å²) in [5, 5.41) is 28.9. The zero-order chi connectivity index (χ0) is 30.1. The molecule has 9 nitrogen and oxygen atoms in total. The van der Waals surface area contributed by atoms with Crippen molar-refractivity contribution in [3.05, 3.63) is 70.3 Å². The third kappa shape index (κ3) is 9.06. The van der Waals surface area contributed by atoms with Crippen LogP contribution in [0.25, 0.3) is 0 Å². The van der Waals surface area contributed by atoms with E-state index in [-0.39, 0.29) is 25.2 Å². The number of rotatable bonds is 14. The molecule has 2 aromatic carbocycles. The smallest absolute Gasteiger partial charge is 0.305 e. The number of hydrogen-bond acceptors (Lipinski definition) is 7. The van der Waals surface area contributed by atoms with Crippen LogP contribution in [-0.2, 0) is 41.5 Å². The minimum atomic E-state index is -1.10. The van der Waals surface area contributed by atoms with Crippen molar-refractivity contribution in [3.63, 3.8) is 0 Å². The van der Waals surface area contributed by atoms with Gasteiger partial charge in [-0.15, -0.1) is 11.8 Å². The minimum absolute atomic E-state index is 0.222. The highest BCUT2D eigenvalue weighted by Crippen LogP contribution is 2.50. The third-order valence-electron chi connectivity index (χ3n) is 7.78. The van der Waals surface area contributed by atoms with Crippen LogP contribution in [0.5, 0.6) is 0 Å². The van der Waals surface area contributed by atoms with Crippen molar-refractivity contribution < 1.29 is 44.0 Å². The van der Waals surface area contributed by atoms with Gasteiger partial charge in [-0.1, -0.05) is 42.5 Å². The number of benzene rings is 2. The highest BCUT2D eigenvalue weighted by molar-refractivity contribution is 7.99. The predicted octanol–water partition coefficient (Wildman–Crippen LogP) is 5.11. The van der Waals surface area contributed by atoms with Gasteiger partial charge in [0.05, 0.1) is 26.1 Å². The molecule has 222 valence electrons. The van der Waals surface area contributed by atoms with Crippen LogP contribution in [0.3, 0.4) is 0 Å². The molecule has 3 rings (SSSR count). The normalized spacial score (nSPS) is 22.2. The summed E-state index contributed by atoms with van der Waals surface area (Å²) in [6.45, 7) is 2.00. The van der Waals surface area contributed by atoms with Crippen molar-refractivity contribution in [1.82, 2.24) is 0 Å². The summed E-state index contributed by atoms with van der Waals surface area (Å²) >= 11 is 1.31. The van der Waals surface area contributed by atoms with E-state index < -0.39 is 47.2 Å². The first-order valence-electron chi connectivity index (χ1n) is 13.6. The lowest BCUT2D eigenvalue weighted by atomic mass is 9.70.